The molecule has 0 aliphatic carbocycles. The van der Waals surface area contributed by atoms with Gasteiger partial charge in [-0.25, -0.2) is 14.4 Å². The summed E-state index contributed by atoms with van der Waals surface area (Å²) in [4.78, 5) is 39.4. The summed E-state index contributed by atoms with van der Waals surface area (Å²) in [6.07, 6.45) is -0.320. The van der Waals surface area contributed by atoms with E-state index in [1.807, 2.05) is 88.4 Å². The molecule has 0 bridgehead atoms. The molecule has 38 heavy (non-hydrogen) atoms. The van der Waals surface area contributed by atoms with Gasteiger partial charge in [0.25, 0.3) is 11.8 Å². The number of ether oxygens (including phenoxy) is 3. The van der Waals surface area contributed by atoms with Gasteiger partial charge >= 0.3 is 6.09 Å². The van der Waals surface area contributed by atoms with Crippen molar-refractivity contribution in [2.75, 3.05) is 6.54 Å². The van der Waals surface area contributed by atoms with Crippen LogP contribution in [0.2, 0.25) is 0 Å². The second-order valence-corrected chi connectivity index (χ2v) is 9.23. The summed E-state index contributed by atoms with van der Waals surface area (Å²) in [6.45, 7) is 7.67. The lowest BCUT2D eigenvalue weighted by molar-refractivity contribution is 0.0404. The van der Waals surface area contributed by atoms with Crippen LogP contribution in [0, 0.1) is 0 Å². The van der Waals surface area contributed by atoms with Crippen LogP contribution in [0.25, 0.3) is 0 Å². The number of rotatable bonds is 12. The summed E-state index contributed by atoms with van der Waals surface area (Å²) in [5.41, 5.74) is 1.09. The van der Waals surface area contributed by atoms with Crippen LogP contribution in [-0.4, -0.2) is 42.1 Å². The molecule has 0 fully saturated rings. The maximum atomic E-state index is 12.4. The fraction of sp³-hybridized carbons (Fsp3) is 0.357. The Balaban J connectivity index is 2.01. The Morgan fingerprint density at radius 1 is 0.868 bits per heavy atom. The lowest BCUT2D eigenvalue weighted by Crippen LogP contribution is -2.41. The van der Waals surface area contributed by atoms with Crippen LogP contribution in [-0.2, 0) is 37.0 Å². The van der Waals surface area contributed by atoms with Gasteiger partial charge < -0.3 is 19.5 Å². The smallest absolute Gasteiger partial charge is 0.414 e. The van der Waals surface area contributed by atoms with E-state index in [-0.39, 0.29) is 43.5 Å². The number of nitrogens with one attached hydrogen (secondary N) is 3. The first-order chi connectivity index (χ1) is 18.2. The zero-order valence-electron chi connectivity index (χ0n) is 22.1. The number of amides is 1. The molecule has 0 saturated heterocycles. The van der Waals surface area contributed by atoms with Crippen molar-refractivity contribution >= 4 is 23.9 Å². The van der Waals surface area contributed by atoms with E-state index in [1.165, 1.54) is 0 Å². The van der Waals surface area contributed by atoms with Crippen molar-refractivity contribution in [3.8, 4) is 0 Å². The molecular weight excluding hydrogens is 488 g/mol. The minimum Gasteiger partial charge on any atom is -0.466 e. The number of benzene rings is 2. The third-order valence-electron chi connectivity index (χ3n) is 4.69. The molecule has 2 aromatic rings. The van der Waals surface area contributed by atoms with Gasteiger partial charge in [0.05, 0.1) is 0 Å². The SMILES string of the molecule is CC(CCN=C(NC(=O)OCc1ccccc1)NC(=C=O)OCc1ccccc1)NC(=C=O)OC(C)(C)C. The predicted octanol–water partition coefficient (Wildman–Crippen LogP) is 3.60. The Bertz CT molecular complexity index is 1150. The van der Waals surface area contributed by atoms with Gasteiger partial charge in [0.1, 0.15) is 18.8 Å². The summed E-state index contributed by atoms with van der Waals surface area (Å²) >= 11 is 0. The Kier molecular flexibility index (Phi) is 12.2. The molecule has 0 radical (unpaired) electrons. The van der Waals surface area contributed by atoms with Crippen molar-refractivity contribution < 1.29 is 28.6 Å². The van der Waals surface area contributed by atoms with E-state index in [1.54, 1.807) is 11.9 Å². The monoisotopic (exact) mass is 522 g/mol. The molecule has 10 nitrogen and oxygen atoms in total. The molecule has 3 N–H and O–H groups in total. The molecule has 0 aliphatic rings. The standard InChI is InChI=1S/C28H34N4O6/c1-21(30-25(18-34)38-28(2,3)4)15-16-29-26(32-27(35)37-20-23-13-9-6-10-14-23)31-24(17-33)36-19-22-11-7-5-8-12-22/h5-14,21,30H,15-16,19-20H2,1-4H3,(H2,29,31,32,35). The van der Waals surface area contributed by atoms with Crippen LogP contribution in [0.15, 0.2) is 77.4 Å². The molecule has 1 amide bonds. The first-order valence-electron chi connectivity index (χ1n) is 12.1. The van der Waals surface area contributed by atoms with Gasteiger partial charge in [-0.15, -0.1) is 0 Å². The Morgan fingerprint density at radius 2 is 1.42 bits per heavy atom. The van der Waals surface area contributed by atoms with Crippen LogP contribution in [0.3, 0.4) is 0 Å². The van der Waals surface area contributed by atoms with E-state index >= 15 is 0 Å². The summed E-state index contributed by atoms with van der Waals surface area (Å²) in [5, 5.41) is 8.09. The van der Waals surface area contributed by atoms with Crippen LogP contribution in [0.1, 0.15) is 45.2 Å². The van der Waals surface area contributed by atoms with Crippen molar-refractivity contribution in [1.29, 1.82) is 0 Å². The predicted molar refractivity (Wildman–Crippen MR) is 143 cm³/mol. The van der Waals surface area contributed by atoms with Gasteiger partial charge in [-0.1, -0.05) is 60.7 Å². The van der Waals surface area contributed by atoms with Gasteiger partial charge in [-0.05, 0) is 45.2 Å². The molecule has 0 saturated carbocycles. The number of guanidine groups is 1. The van der Waals surface area contributed by atoms with Crippen LogP contribution < -0.4 is 16.0 Å². The largest absolute Gasteiger partial charge is 0.466 e. The van der Waals surface area contributed by atoms with E-state index < -0.39 is 11.7 Å². The van der Waals surface area contributed by atoms with Crippen LogP contribution in [0.4, 0.5) is 4.79 Å². The minimum absolute atomic E-state index is 0.00423. The number of carbonyl (C=O) groups is 1. The quantitative estimate of drug-likeness (QED) is 0.167. The fourth-order valence-corrected chi connectivity index (χ4v) is 2.95. The normalized spacial score (nSPS) is 11.7. The number of nitrogens with zero attached hydrogens (tertiary/aromatic N) is 1. The van der Waals surface area contributed by atoms with Gasteiger partial charge in [0, 0.05) is 12.6 Å². The molecule has 2 rings (SSSR count). The van der Waals surface area contributed by atoms with E-state index in [9.17, 15) is 14.4 Å². The highest BCUT2D eigenvalue weighted by atomic mass is 16.5. The maximum absolute atomic E-state index is 12.4. The summed E-state index contributed by atoms with van der Waals surface area (Å²) < 4.78 is 16.3. The first-order valence-corrected chi connectivity index (χ1v) is 12.1. The molecule has 0 aromatic heterocycles. The average molecular weight is 523 g/mol. The van der Waals surface area contributed by atoms with Gasteiger partial charge in [-0.3, -0.25) is 15.6 Å². The fourth-order valence-electron chi connectivity index (χ4n) is 2.95. The second-order valence-electron chi connectivity index (χ2n) is 9.23. The number of alkyl carbamates (subject to hydrolysis) is 1. The molecule has 0 spiro atoms. The van der Waals surface area contributed by atoms with Crippen molar-refractivity contribution in [2.45, 2.75) is 59.0 Å². The third kappa shape index (κ3) is 12.4. The molecule has 10 heteroatoms. The third-order valence-corrected chi connectivity index (χ3v) is 4.69. The number of carbonyl (C=O) groups excluding carboxylic acids is 3. The van der Waals surface area contributed by atoms with Crippen molar-refractivity contribution in [1.82, 2.24) is 16.0 Å². The zero-order chi connectivity index (χ0) is 27.8. The molecule has 2 aromatic carbocycles. The second kappa shape index (κ2) is 15.6. The summed E-state index contributed by atoms with van der Waals surface area (Å²) in [6, 6.07) is 18.2. The van der Waals surface area contributed by atoms with Crippen molar-refractivity contribution in [2.24, 2.45) is 4.99 Å². The van der Waals surface area contributed by atoms with E-state index in [2.05, 4.69) is 20.9 Å². The Morgan fingerprint density at radius 3 is 1.95 bits per heavy atom. The number of aliphatic imine (C=N–C) groups is 1. The molecule has 1 unspecified atom stereocenters. The topological polar surface area (TPSA) is 127 Å². The molecule has 0 aliphatic heterocycles. The highest BCUT2D eigenvalue weighted by molar-refractivity contribution is 5.95. The molecule has 0 heterocycles. The van der Waals surface area contributed by atoms with Crippen LogP contribution >= 0.6 is 0 Å². The lowest BCUT2D eigenvalue weighted by Gasteiger charge is -2.24. The van der Waals surface area contributed by atoms with Gasteiger partial charge in [0.2, 0.25) is 5.96 Å². The lowest BCUT2D eigenvalue weighted by atomic mass is 10.2. The first kappa shape index (κ1) is 29.7. The Labute approximate surface area is 222 Å². The van der Waals surface area contributed by atoms with Gasteiger partial charge in [0.15, 0.2) is 11.9 Å². The van der Waals surface area contributed by atoms with Crippen molar-refractivity contribution in [3.63, 3.8) is 0 Å². The summed E-state index contributed by atoms with van der Waals surface area (Å²) in [5.74, 6) is 3.11. The van der Waals surface area contributed by atoms with Crippen molar-refractivity contribution in [3.05, 3.63) is 83.6 Å². The molecule has 202 valence electrons. The number of hydrogen-bond donors (Lipinski definition) is 3. The molecule has 1 atom stereocenters. The van der Waals surface area contributed by atoms with E-state index in [4.69, 9.17) is 14.2 Å². The van der Waals surface area contributed by atoms with E-state index in [0.717, 1.165) is 11.1 Å². The zero-order valence-corrected chi connectivity index (χ0v) is 22.1. The summed E-state index contributed by atoms with van der Waals surface area (Å²) in [7, 11) is 0. The highest BCUT2D eigenvalue weighted by Crippen LogP contribution is 2.11. The maximum Gasteiger partial charge on any atom is 0.414 e. The van der Waals surface area contributed by atoms with Gasteiger partial charge in [-0.2, -0.15) is 0 Å². The minimum atomic E-state index is -0.774. The Hall–Kier alpha value is -4.52. The average Bonchev–Trinajstić information content (AvgIpc) is 2.89. The molecular formula is C28H34N4O6. The highest BCUT2D eigenvalue weighted by Gasteiger charge is 2.16. The van der Waals surface area contributed by atoms with E-state index in [0.29, 0.717) is 6.42 Å². The number of hydrogen-bond acceptors (Lipinski definition) is 8. The van der Waals surface area contributed by atoms with Crippen LogP contribution in [0.5, 0.6) is 0 Å².